The molecule has 4 aromatic rings. The van der Waals surface area contributed by atoms with Crippen molar-refractivity contribution in [1.82, 2.24) is 9.80 Å². The second-order valence-corrected chi connectivity index (χ2v) is 10.9. The van der Waals surface area contributed by atoms with E-state index < -0.39 is 6.35 Å². The molecule has 0 saturated carbocycles. The van der Waals surface area contributed by atoms with Crippen LogP contribution in [0.1, 0.15) is 29.9 Å². The number of piperazine rings is 1. The second kappa shape index (κ2) is 15.0. The van der Waals surface area contributed by atoms with Crippen molar-refractivity contribution in [3.05, 3.63) is 113 Å². The lowest BCUT2D eigenvalue weighted by Gasteiger charge is -2.38. The molecule has 236 valence electrons. The average Bonchev–Trinajstić information content (AvgIpc) is 3.08. The fourth-order valence-corrected chi connectivity index (χ4v) is 5.85. The van der Waals surface area contributed by atoms with Gasteiger partial charge >= 0.3 is 5.82 Å². The van der Waals surface area contributed by atoms with E-state index >= 15 is 0 Å². The normalized spacial score (nSPS) is 14.7. The number of benzene rings is 3. The Bertz CT molecular complexity index is 1500. The third-order valence-corrected chi connectivity index (χ3v) is 8.27. The van der Waals surface area contributed by atoms with E-state index in [1.807, 2.05) is 4.90 Å². The molecule has 0 amide bonds. The van der Waals surface area contributed by atoms with Gasteiger partial charge in [0.2, 0.25) is 0 Å². The van der Waals surface area contributed by atoms with E-state index in [4.69, 9.17) is 9.47 Å². The molecule has 5 rings (SSSR count). The lowest BCUT2D eigenvalue weighted by Crippen LogP contribution is -2.55. The Balaban J connectivity index is 1.26. The molecule has 1 aromatic heterocycles. The number of aliphatic hydroxyl groups excluding tert-OH is 1. The highest BCUT2D eigenvalue weighted by molar-refractivity contribution is 5.70. The first-order chi connectivity index (χ1) is 21.9. The van der Waals surface area contributed by atoms with Gasteiger partial charge in [0.25, 0.3) is 6.35 Å². The Morgan fingerprint density at radius 1 is 0.889 bits per heavy atom. The lowest BCUT2D eigenvalue weighted by atomic mass is 9.87. The zero-order valence-electron chi connectivity index (χ0n) is 25.4. The minimum absolute atomic E-state index is 0.0205. The van der Waals surface area contributed by atoms with Gasteiger partial charge in [0.1, 0.15) is 17.3 Å². The maximum Gasteiger partial charge on any atom is 0.312 e. The van der Waals surface area contributed by atoms with E-state index in [1.54, 1.807) is 72.8 Å². The third kappa shape index (κ3) is 7.62. The van der Waals surface area contributed by atoms with Gasteiger partial charge in [-0.2, -0.15) is 4.90 Å². The van der Waals surface area contributed by atoms with Gasteiger partial charge in [0.05, 0.1) is 20.4 Å². The molecule has 0 aliphatic carbocycles. The lowest BCUT2D eigenvalue weighted by molar-refractivity contribution is -0.364. The van der Waals surface area contributed by atoms with Crippen LogP contribution >= 0.6 is 0 Å². The summed E-state index contributed by atoms with van der Waals surface area (Å²) in [5.41, 5.74) is 2.73. The van der Waals surface area contributed by atoms with Gasteiger partial charge in [-0.05, 0) is 84.2 Å². The number of ether oxygens (including phenoxy) is 2. The monoisotopic (exact) mass is 618 g/mol. The molecule has 1 saturated heterocycles. The fraction of sp³-hybridized carbons (Fsp3) is 0.324. The van der Waals surface area contributed by atoms with E-state index in [0.717, 1.165) is 43.6 Å². The number of halogens is 2. The van der Waals surface area contributed by atoms with Gasteiger partial charge in [-0.25, -0.2) is 18.7 Å². The molecule has 1 unspecified atom stereocenters. The number of nitrogens with one attached hydrogen (secondary N) is 1. The van der Waals surface area contributed by atoms with Crippen LogP contribution in [-0.4, -0.2) is 68.2 Å². The molecular weight excluding hydrogens is 580 g/mol. The number of pyridine rings is 1. The zero-order chi connectivity index (χ0) is 31.8. The van der Waals surface area contributed by atoms with Gasteiger partial charge in [-0.3, -0.25) is 0 Å². The largest absolute Gasteiger partial charge is 0.493 e. The highest BCUT2D eigenvalue weighted by atomic mass is 19.1. The number of aromatic amines is 1. The third-order valence-electron chi connectivity index (χ3n) is 8.27. The molecule has 9 nitrogen and oxygen atoms in total. The molecule has 3 aromatic carbocycles. The van der Waals surface area contributed by atoms with Crippen LogP contribution < -0.4 is 19.4 Å². The Morgan fingerprint density at radius 3 is 2.09 bits per heavy atom. The van der Waals surface area contributed by atoms with Crippen LogP contribution in [0.3, 0.4) is 0 Å². The molecule has 0 bridgehead atoms. The van der Waals surface area contributed by atoms with E-state index in [-0.39, 0.29) is 23.2 Å². The Kier molecular flexibility index (Phi) is 10.7. The molecular formula is C34H38F2N5O4+. The number of aliphatic hydroxyl groups is 1. The summed E-state index contributed by atoms with van der Waals surface area (Å²) in [4.78, 5) is 20.7. The summed E-state index contributed by atoms with van der Waals surface area (Å²) in [6.07, 6.45) is 2.27. The van der Waals surface area contributed by atoms with Crippen molar-refractivity contribution in [3.8, 4) is 11.5 Å². The van der Waals surface area contributed by atoms with Crippen LogP contribution in [-0.2, 0) is 0 Å². The number of rotatable bonds is 13. The topological polar surface area (TPSA) is 92.0 Å². The van der Waals surface area contributed by atoms with Crippen LogP contribution in [0.2, 0.25) is 0 Å². The molecule has 1 aliphatic rings. The Labute approximate surface area is 261 Å². The van der Waals surface area contributed by atoms with Gasteiger partial charge in [0, 0.05) is 38.2 Å². The number of hydrogen-bond donors (Lipinski definition) is 1. The van der Waals surface area contributed by atoms with Gasteiger partial charge < -0.3 is 19.5 Å². The van der Waals surface area contributed by atoms with Gasteiger partial charge in [-0.1, -0.05) is 24.3 Å². The molecule has 0 radical (unpaired) electrons. The van der Waals surface area contributed by atoms with Crippen LogP contribution in [0.25, 0.3) is 0 Å². The van der Waals surface area contributed by atoms with E-state index in [2.05, 4.69) is 15.1 Å². The summed E-state index contributed by atoms with van der Waals surface area (Å²) >= 11 is 0. The second-order valence-electron chi connectivity index (χ2n) is 10.9. The summed E-state index contributed by atoms with van der Waals surface area (Å²) in [5, 5.41) is 14.9. The summed E-state index contributed by atoms with van der Waals surface area (Å²) in [5.74, 6) is 0.814. The van der Waals surface area contributed by atoms with E-state index in [0.29, 0.717) is 36.1 Å². The van der Waals surface area contributed by atoms with Crippen LogP contribution in [0.4, 0.5) is 26.0 Å². The molecule has 1 aliphatic heterocycles. The molecule has 45 heavy (non-hydrogen) atoms. The number of hydrogen-bond acceptors (Lipinski definition) is 8. The fourth-order valence-electron chi connectivity index (χ4n) is 5.85. The van der Waals surface area contributed by atoms with Gasteiger partial charge in [0.15, 0.2) is 17.2 Å². The van der Waals surface area contributed by atoms with Crippen LogP contribution in [0.15, 0.2) is 90.2 Å². The summed E-state index contributed by atoms with van der Waals surface area (Å²) in [6, 6.07) is 21.6. The highest BCUT2D eigenvalue weighted by Crippen LogP contribution is 2.38. The quantitative estimate of drug-likeness (QED) is 0.149. The Morgan fingerprint density at radius 2 is 1.51 bits per heavy atom. The smallest absolute Gasteiger partial charge is 0.312 e. The van der Waals surface area contributed by atoms with Crippen LogP contribution in [0, 0.1) is 16.5 Å². The number of nitroso groups, excluding NO2 is 1. The number of nitrogens with zero attached hydrogens (tertiary/aromatic N) is 4. The number of methoxy groups -OCH3 is 2. The minimum Gasteiger partial charge on any atom is -0.493 e. The molecule has 1 atom stereocenters. The van der Waals surface area contributed by atoms with Crippen LogP contribution in [0.5, 0.6) is 11.5 Å². The first-order valence-corrected chi connectivity index (χ1v) is 14.9. The predicted molar refractivity (Wildman–Crippen MR) is 168 cm³/mol. The molecule has 0 spiro atoms. The number of anilines is 2. The molecule has 11 heteroatoms. The summed E-state index contributed by atoms with van der Waals surface area (Å²) in [7, 11) is 3.09. The van der Waals surface area contributed by atoms with Crippen molar-refractivity contribution in [2.75, 3.05) is 51.8 Å². The van der Waals surface area contributed by atoms with E-state index in [1.165, 1.54) is 31.4 Å². The van der Waals surface area contributed by atoms with Crippen molar-refractivity contribution in [1.29, 1.82) is 0 Å². The maximum atomic E-state index is 13.6. The average molecular weight is 619 g/mol. The number of aromatic nitrogens is 1. The highest BCUT2D eigenvalue weighted by Gasteiger charge is 2.36. The van der Waals surface area contributed by atoms with Crippen molar-refractivity contribution in [2.45, 2.75) is 25.1 Å². The first kappa shape index (κ1) is 32.0. The number of H-pyrrole nitrogens is 1. The van der Waals surface area contributed by atoms with Crippen molar-refractivity contribution >= 4 is 17.2 Å². The summed E-state index contributed by atoms with van der Waals surface area (Å²) in [6.45, 7) is 3.47. The SMILES string of the molecule is COc1ccc(N(c2[nH+]cccc2N=O)C(O)N2CCN(CCCC(c3ccc(F)cc3)c3ccc(F)cc3)CC2)cc1OC. The first-order valence-electron chi connectivity index (χ1n) is 14.9. The zero-order valence-corrected chi connectivity index (χ0v) is 25.4. The standard InChI is InChI=1S/C34H37F2N5O4/c1-44-31-16-15-28(23-32(31)45-2)41(33-30(38-43)6-3-17-37-33)34(42)40-21-19-39(20-22-40)18-4-5-29(24-7-11-26(35)12-8-24)25-9-13-27(36)14-10-25/h3,6-17,23,29,34,42H,4-5,18-22H2,1-2H3/p+1. The predicted octanol–water partition coefficient (Wildman–Crippen LogP) is 5.84. The van der Waals surface area contributed by atoms with Crippen molar-refractivity contribution in [3.63, 3.8) is 0 Å². The minimum atomic E-state index is -1.11. The molecule has 2 heterocycles. The van der Waals surface area contributed by atoms with Gasteiger partial charge in [-0.15, -0.1) is 4.91 Å². The van der Waals surface area contributed by atoms with E-state index in [9.17, 15) is 18.8 Å². The maximum absolute atomic E-state index is 13.6. The molecule has 1 fully saturated rings. The molecule has 2 N–H and O–H groups in total. The summed E-state index contributed by atoms with van der Waals surface area (Å²) < 4.78 is 38.1. The van der Waals surface area contributed by atoms with Crippen molar-refractivity contribution in [2.24, 2.45) is 5.18 Å². The Hall–Kier alpha value is -4.45. The van der Waals surface area contributed by atoms with Crippen molar-refractivity contribution < 1.29 is 28.3 Å².